The third kappa shape index (κ3) is 7.56. The van der Waals surface area contributed by atoms with E-state index in [2.05, 4.69) is 5.32 Å². The van der Waals surface area contributed by atoms with Crippen molar-refractivity contribution in [3.63, 3.8) is 0 Å². The zero-order chi connectivity index (χ0) is 21.0. The Morgan fingerprint density at radius 1 is 1.22 bits per heavy atom. The first-order valence-electron chi connectivity index (χ1n) is 7.92. The van der Waals surface area contributed by atoms with E-state index in [-0.39, 0.29) is 27.9 Å². The van der Waals surface area contributed by atoms with E-state index in [1.807, 2.05) is 20.8 Å². The third-order valence-corrected chi connectivity index (χ3v) is 4.79. The molecule has 0 saturated heterocycles. The molecule has 0 aromatic heterocycles. The summed E-state index contributed by atoms with van der Waals surface area (Å²) < 4.78 is 28.2. The molecular formula is C17H23ClN2O6S. The van der Waals surface area contributed by atoms with Gasteiger partial charge in [0.15, 0.2) is 16.4 Å². The number of nitrogens with zero attached hydrogens (tertiary/aromatic N) is 1. The molecule has 0 aliphatic carbocycles. The molecule has 150 valence electrons. The lowest BCUT2D eigenvalue weighted by Crippen LogP contribution is -2.46. The number of carbonyl (C=O) groups excluding carboxylic acids is 3. The second-order valence-electron chi connectivity index (χ2n) is 7.04. The highest BCUT2D eigenvalue weighted by atomic mass is 35.5. The molecule has 10 heteroatoms. The van der Waals surface area contributed by atoms with Crippen LogP contribution in [-0.2, 0) is 24.2 Å². The maximum atomic E-state index is 12.1. The molecule has 1 aromatic rings. The second kappa shape index (κ2) is 8.71. The van der Waals surface area contributed by atoms with E-state index in [0.29, 0.717) is 0 Å². The summed E-state index contributed by atoms with van der Waals surface area (Å²) in [6.07, 6.45) is 0.963. The summed E-state index contributed by atoms with van der Waals surface area (Å²) >= 11 is 5.82. The molecule has 0 radical (unpaired) electrons. The van der Waals surface area contributed by atoms with E-state index < -0.39 is 33.9 Å². The summed E-state index contributed by atoms with van der Waals surface area (Å²) in [5.41, 5.74) is -0.486. The lowest BCUT2D eigenvalue weighted by atomic mass is 10.1. The number of amides is 2. The van der Waals surface area contributed by atoms with E-state index in [9.17, 15) is 22.8 Å². The predicted octanol–water partition coefficient (Wildman–Crippen LogP) is 1.27. The van der Waals surface area contributed by atoms with Gasteiger partial charge in [0, 0.05) is 18.8 Å². The maximum absolute atomic E-state index is 12.1. The van der Waals surface area contributed by atoms with Crippen LogP contribution >= 0.6 is 11.6 Å². The summed E-state index contributed by atoms with van der Waals surface area (Å²) in [6, 6.07) is 3.65. The van der Waals surface area contributed by atoms with Gasteiger partial charge in [0.2, 0.25) is 5.91 Å². The van der Waals surface area contributed by atoms with Gasteiger partial charge in [0.1, 0.15) is 0 Å². The van der Waals surface area contributed by atoms with Crippen molar-refractivity contribution in [3.8, 4) is 0 Å². The highest BCUT2D eigenvalue weighted by molar-refractivity contribution is 7.90. The fourth-order valence-corrected chi connectivity index (χ4v) is 3.30. The highest BCUT2D eigenvalue weighted by Crippen LogP contribution is 2.22. The fraction of sp³-hybridized carbons (Fsp3) is 0.471. The van der Waals surface area contributed by atoms with Crippen LogP contribution in [0.25, 0.3) is 0 Å². The zero-order valence-corrected chi connectivity index (χ0v) is 17.4. The quantitative estimate of drug-likeness (QED) is 0.696. The molecule has 8 nitrogen and oxygen atoms in total. The average molecular weight is 419 g/mol. The third-order valence-electron chi connectivity index (χ3n) is 3.21. The molecule has 0 fully saturated rings. The summed E-state index contributed by atoms with van der Waals surface area (Å²) in [4.78, 5) is 36.8. The maximum Gasteiger partial charge on any atom is 0.338 e. The molecule has 0 heterocycles. The van der Waals surface area contributed by atoms with Crippen molar-refractivity contribution in [1.29, 1.82) is 0 Å². The van der Waals surface area contributed by atoms with Gasteiger partial charge in [-0.2, -0.15) is 0 Å². The number of sulfone groups is 1. The van der Waals surface area contributed by atoms with E-state index in [1.54, 1.807) is 0 Å². The molecule has 0 atom stereocenters. The van der Waals surface area contributed by atoms with Crippen molar-refractivity contribution in [2.24, 2.45) is 0 Å². The van der Waals surface area contributed by atoms with Crippen molar-refractivity contribution < 1.29 is 27.5 Å². The SMILES string of the molecule is CN(CC(=O)NC(C)(C)C)C(=O)COC(=O)c1ccc(Cl)c(S(C)(=O)=O)c1. The van der Waals surface area contributed by atoms with Crippen LogP contribution in [0, 0.1) is 0 Å². The van der Waals surface area contributed by atoms with E-state index >= 15 is 0 Å². The Labute approximate surface area is 163 Å². The van der Waals surface area contributed by atoms with Gasteiger partial charge >= 0.3 is 5.97 Å². The first kappa shape index (κ1) is 22.9. The van der Waals surface area contributed by atoms with Crippen LogP contribution in [0.3, 0.4) is 0 Å². The van der Waals surface area contributed by atoms with Crippen molar-refractivity contribution >= 4 is 39.2 Å². The number of esters is 1. The normalized spacial score (nSPS) is 11.6. The summed E-state index contributed by atoms with van der Waals surface area (Å²) in [7, 11) is -2.22. The minimum atomic E-state index is -3.62. The number of likely N-dealkylation sites (N-methyl/N-ethyl adjacent to an activating group) is 1. The van der Waals surface area contributed by atoms with Crippen LogP contribution in [0.4, 0.5) is 0 Å². The van der Waals surface area contributed by atoms with E-state index in [0.717, 1.165) is 17.2 Å². The summed E-state index contributed by atoms with van der Waals surface area (Å²) in [5, 5.41) is 2.69. The number of carbonyl (C=O) groups is 3. The molecule has 1 rings (SSSR count). The Morgan fingerprint density at radius 2 is 1.81 bits per heavy atom. The lowest BCUT2D eigenvalue weighted by Gasteiger charge is -2.23. The monoisotopic (exact) mass is 418 g/mol. The summed E-state index contributed by atoms with van der Waals surface area (Å²) in [6.45, 7) is 4.66. The van der Waals surface area contributed by atoms with Crippen LogP contribution in [0.1, 0.15) is 31.1 Å². The van der Waals surface area contributed by atoms with Gasteiger partial charge in [-0.15, -0.1) is 0 Å². The number of hydrogen-bond acceptors (Lipinski definition) is 6. The van der Waals surface area contributed by atoms with Crippen molar-refractivity contribution in [2.75, 3.05) is 26.5 Å². The Balaban J connectivity index is 2.69. The van der Waals surface area contributed by atoms with Gasteiger partial charge in [0.25, 0.3) is 5.91 Å². The molecule has 0 unspecified atom stereocenters. The van der Waals surface area contributed by atoms with Crippen LogP contribution < -0.4 is 5.32 Å². The zero-order valence-electron chi connectivity index (χ0n) is 15.8. The van der Waals surface area contributed by atoms with E-state index in [1.165, 1.54) is 19.2 Å². The van der Waals surface area contributed by atoms with Gasteiger partial charge in [-0.25, -0.2) is 13.2 Å². The van der Waals surface area contributed by atoms with Crippen molar-refractivity contribution in [1.82, 2.24) is 10.2 Å². The molecule has 0 aliphatic rings. The second-order valence-corrected chi connectivity index (χ2v) is 9.43. The summed E-state index contributed by atoms with van der Waals surface area (Å²) in [5.74, 6) is -1.80. The van der Waals surface area contributed by atoms with Crippen LogP contribution in [0.2, 0.25) is 5.02 Å². The van der Waals surface area contributed by atoms with Gasteiger partial charge in [0.05, 0.1) is 22.0 Å². The number of rotatable bonds is 6. The minimum absolute atomic E-state index is 0.0188. The first-order chi connectivity index (χ1) is 12.2. The van der Waals surface area contributed by atoms with Crippen LogP contribution in [-0.4, -0.2) is 63.1 Å². The Morgan fingerprint density at radius 3 is 2.33 bits per heavy atom. The van der Waals surface area contributed by atoms with Gasteiger partial charge < -0.3 is 15.0 Å². The first-order valence-corrected chi connectivity index (χ1v) is 10.2. The molecule has 27 heavy (non-hydrogen) atoms. The van der Waals surface area contributed by atoms with E-state index in [4.69, 9.17) is 16.3 Å². The minimum Gasteiger partial charge on any atom is -0.452 e. The van der Waals surface area contributed by atoms with Gasteiger partial charge in [-0.05, 0) is 39.0 Å². The average Bonchev–Trinajstić information content (AvgIpc) is 2.49. The fourth-order valence-electron chi connectivity index (χ4n) is 2.00. The topological polar surface area (TPSA) is 110 Å². The number of benzene rings is 1. The molecular weight excluding hydrogens is 396 g/mol. The Bertz CT molecular complexity index is 845. The van der Waals surface area contributed by atoms with Crippen LogP contribution in [0.5, 0.6) is 0 Å². The van der Waals surface area contributed by atoms with Crippen molar-refractivity contribution in [2.45, 2.75) is 31.2 Å². The Kier molecular flexibility index (Phi) is 7.39. The van der Waals surface area contributed by atoms with Crippen molar-refractivity contribution in [3.05, 3.63) is 28.8 Å². The van der Waals surface area contributed by atoms with Crippen LogP contribution in [0.15, 0.2) is 23.1 Å². The van der Waals surface area contributed by atoms with Gasteiger partial charge in [-0.1, -0.05) is 11.6 Å². The largest absolute Gasteiger partial charge is 0.452 e. The molecule has 1 N–H and O–H groups in total. The molecule has 0 spiro atoms. The molecule has 0 aliphatic heterocycles. The molecule has 0 bridgehead atoms. The number of hydrogen-bond donors (Lipinski definition) is 1. The molecule has 0 saturated carbocycles. The predicted molar refractivity (Wildman–Crippen MR) is 100 cm³/mol. The standard InChI is InChI=1S/C17H23ClN2O6S/c1-17(2,3)19-14(21)9-20(4)15(22)10-26-16(23)11-6-7-12(18)13(8-11)27(5,24)25/h6-8H,9-10H2,1-5H3,(H,19,21). The smallest absolute Gasteiger partial charge is 0.338 e. The molecule has 2 amide bonds. The molecule has 1 aromatic carbocycles. The number of halogens is 1. The highest BCUT2D eigenvalue weighted by Gasteiger charge is 2.20. The number of nitrogens with one attached hydrogen (secondary N) is 1. The lowest BCUT2D eigenvalue weighted by molar-refractivity contribution is -0.137. The number of ether oxygens (including phenoxy) is 1. The van der Waals surface area contributed by atoms with Gasteiger partial charge in [-0.3, -0.25) is 9.59 Å². The Hall–Kier alpha value is -2.13.